The van der Waals surface area contributed by atoms with E-state index in [0.29, 0.717) is 13.0 Å². The summed E-state index contributed by atoms with van der Waals surface area (Å²) in [6.07, 6.45) is 7.81. The van der Waals surface area contributed by atoms with Gasteiger partial charge in [-0.15, -0.1) is 0 Å². The molecule has 134 valence electrons. The quantitative estimate of drug-likeness (QED) is 0.766. The molecule has 0 atom stereocenters. The third-order valence-corrected chi connectivity index (χ3v) is 4.98. The Bertz CT molecular complexity index is 870. The molecule has 26 heavy (non-hydrogen) atoms. The maximum absolute atomic E-state index is 13.2. The molecule has 0 radical (unpaired) electrons. The van der Waals surface area contributed by atoms with Crippen molar-refractivity contribution >= 4 is 11.4 Å². The highest BCUT2D eigenvalue weighted by Gasteiger charge is 2.26. The van der Waals surface area contributed by atoms with Crippen LogP contribution in [0.3, 0.4) is 0 Å². The van der Waals surface area contributed by atoms with Crippen LogP contribution in [0.4, 0.5) is 0 Å². The Morgan fingerprint density at radius 2 is 2.04 bits per heavy atom. The Hall–Kier alpha value is -2.73. The molecule has 3 aromatic rings. The number of nitrogens with zero attached hydrogens (tertiary/aromatic N) is 4. The number of nitrogens with one attached hydrogen (secondary N) is 1. The van der Waals surface area contributed by atoms with E-state index in [9.17, 15) is 4.79 Å². The van der Waals surface area contributed by atoms with Crippen LogP contribution in [0.1, 0.15) is 24.1 Å². The fourth-order valence-electron chi connectivity index (χ4n) is 3.59. The number of carbonyl (C=O) groups excluding carboxylic acids is 1. The van der Waals surface area contributed by atoms with Crippen LogP contribution >= 0.6 is 0 Å². The van der Waals surface area contributed by atoms with E-state index in [1.165, 1.54) is 0 Å². The summed E-state index contributed by atoms with van der Waals surface area (Å²) in [5, 5.41) is 7.73. The van der Waals surface area contributed by atoms with Crippen molar-refractivity contribution < 1.29 is 4.79 Å². The van der Waals surface area contributed by atoms with Gasteiger partial charge in [-0.2, -0.15) is 5.10 Å². The topological polar surface area (TPSA) is 62.5 Å². The number of amides is 1. The van der Waals surface area contributed by atoms with Crippen LogP contribution in [-0.4, -0.2) is 44.5 Å². The maximum Gasteiger partial charge on any atom is 0.227 e. The van der Waals surface area contributed by atoms with Crippen molar-refractivity contribution in [3.63, 3.8) is 0 Å². The highest BCUT2D eigenvalue weighted by molar-refractivity contribution is 5.81. The second-order valence-electron chi connectivity index (χ2n) is 6.70. The van der Waals surface area contributed by atoms with E-state index in [0.717, 1.165) is 42.7 Å². The van der Waals surface area contributed by atoms with Crippen LogP contribution in [0.5, 0.6) is 0 Å². The van der Waals surface area contributed by atoms with Gasteiger partial charge >= 0.3 is 0 Å². The summed E-state index contributed by atoms with van der Waals surface area (Å²) in [5.41, 5.74) is 2.89. The lowest BCUT2D eigenvalue weighted by molar-refractivity contribution is -0.134. The molecule has 1 aliphatic rings. The Labute approximate surface area is 152 Å². The normalized spacial score (nSPS) is 15.2. The molecular weight excluding hydrogens is 326 g/mol. The summed E-state index contributed by atoms with van der Waals surface area (Å²) >= 11 is 0. The van der Waals surface area contributed by atoms with E-state index in [1.54, 1.807) is 12.4 Å². The molecule has 4 rings (SSSR count). The van der Waals surface area contributed by atoms with Gasteiger partial charge in [-0.25, -0.2) is 4.52 Å². The number of aromatic nitrogens is 3. The first-order valence-electron chi connectivity index (χ1n) is 9.12. The van der Waals surface area contributed by atoms with Crippen LogP contribution < -0.4 is 5.32 Å². The lowest BCUT2D eigenvalue weighted by Crippen LogP contribution is -2.46. The highest BCUT2D eigenvalue weighted by Crippen LogP contribution is 2.18. The summed E-state index contributed by atoms with van der Waals surface area (Å²) in [5.74, 6) is 0.140. The smallest absolute Gasteiger partial charge is 0.227 e. The molecule has 1 fully saturated rings. The van der Waals surface area contributed by atoms with Crippen LogP contribution in [0.2, 0.25) is 0 Å². The summed E-state index contributed by atoms with van der Waals surface area (Å²) in [7, 11) is 0. The van der Waals surface area contributed by atoms with Crippen LogP contribution in [0.25, 0.3) is 5.52 Å². The van der Waals surface area contributed by atoms with Crippen molar-refractivity contribution in [2.24, 2.45) is 0 Å². The molecule has 1 aliphatic heterocycles. The summed E-state index contributed by atoms with van der Waals surface area (Å²) in [6, 6.07) is 12.0. The number of rotatable bonds is 5. The predicted molar refractivity (Wildman–Crippen MR) is 99.6 cm³/mol. The fourth-order valence-corrected chi connectivity index (χ4v) is 3.59. The average molecular weight is 349 g/mol. The second-order valence-corrected chi connectivity index (χ2v) is 6.70. The molecule has 1 saturated heterocycles. The minimum Gasteiger partial charge on any atom is -0.333 e. The van der Waals surface area contributed by atoms with Crippen molar-refractivity contribution in [2.45, 2.75) is 31.8 Å². The number of hydrogen-bond donors (Lipinski definition) is 1. The van der Waals surface area contributed by atoms with Gasteiger partial charge in [0, 0.05) is 24.0 Å². The van der Waals surface area contributed by atoms with E-state index in [2.05, 4.69) is 15.4 Å². The second kappa shape index (κ2) is 7.66. The van der Waals surface area contributed by atoms with Crippen molar-refractivity contribution in [1.82, 2.24) is 24.8 Å². The summed E-state index contributed by atoms with van der Waals surface area (Å²) < 4.78 is 1.82. The number of piperidine rings is 1. The first-order chi connectivity index (χ1) is 12.8. The molecule has 0 spiro atoms. The fraction of sp³-hybridized carbons (Fsp3) is 0.350. The minimum atomic E-state index is 0.140. The predicted octanol–water partition coefficient (Wildman–Crippen LogP) is 2.05. The van der Waals surface area contributed by atoms with Crippen LogP contribution in [0, 0.1) is 0 Å². The van der Waals surface area contributed by atoms with Gasteiger partial charge in [0.15, 0.2) is 0 Å². The van der Waals surface area contributed by atoms with Crippen molar-refractivity contribution in [3.8, 4) is 0 Å². The van der Waals surface area contributed by atoms with E-state index >= 15 is 0 Å². The van der Waals surface area contributed by atoms with Gasteiger partial charge in [0.05, 0.1) is 30.4 Å². The standard InChI is InChI=1S/C20H23N5O/c26-20(13-16-14-23-25-12-4-2-6-19(16)25)24(18-7-10-21-11-8-18)15-17-5-1-3-9-22-17/h1-6,9,12,14,18,21H,7-8,10-11,13,15H2. The largest absolute Gasteiger partial charge is 0.333 e. The molecule has 4 heterocycles. The van der Waals surface area contributed by atoms with Gasteiger partial charge in [0.25, 0.3) is 0 Å². The SMILES string of the molecule is O=C(Cc1cnn2ccccc12)N(Cc1ccccn1)C1CCNCC1. The minimum absolute atomic E-state index is 0.140. The van der Waals surface area contributed by atoms with Gasteiger partial charge in [-0.1, -0.05) is 12.1 Å². The van der Waals surface area contributed by atoms with E-state index in [1.807, 2.05) is 52.0 Å². The third kappa shape index (κ3) is 3.60. The Morgan fingerprint density at radius 3 is 2.85 bits per heavy atom. The maximum atomic E-state index is 13.2. The van der Waals surface area contributed by atoms with Gasteiger partial charge in [0.1, 0.15) is 0 Å². The lowest BCUT2D eigenvalue weighted by Gasteiger charge is -2.34. The Kier molecular flexibility index (Phi) is 4.93. The van der Waals surface area contributed by atoms with Gasteiger partial charge < -0.3 is 10.2 Å². The summed E-state index contributed by atoms with van der Waals surface area (Å²) in [4.78, 5) is 19.6. The molecule has 0 aromatic carbocycles. The van der Waals surface area contributed by atoms with Crippen LogP contribution in [-0.2, 0) is 17.8 Å². The number of fused-ring (bicyclic) bond motifs is 1. The zero-order valence-electron chi connectivity index (χ0n) is 14.7. The zero-order chi connectivity index (χ0) is 17.8. The first kappa shape index (κ1) is 16.7. The molecule has 1 amide bonds. The number of hydrogen-bond acceptors (Lipinski definition) is 4. The molecule has 0 aliphatic carbocycles. The van der Waals surface area contributed by atoms with Crippen LogP contribution in [0.15, 0.2) is 55.0 Å². The van der Waals surface area contributed by atoms with E-state index in [4.69, 9.17) is 0 Å². The zero-order valence-corrected chi connectivity index (χ0v) is 14.7. The molecule has 0 bridgehead atoms. The molecule has 6 heteroatoms. The number of pyridine rings is 2. The summed E-state index contributed by atoms with van der Waals surface area (Å²) in [6.45, 7) is 2.46. The molecular formula is C20H23N5O. The first-order valence-corrected chi connectivity index (χ1v) is 9.12. The molecule has 0 unspecified atom stereocenters. The van der Waals surface area contributed by atoms with E-state index < -0.39 is 0 Å². The molecule has 6 nitrogen and oxygen atoms in total. The Balaban J connectivity index is 1.56. The van der Waals surface area contributed by atoms with Crippen molar-refractivity contribution in [1.29, 1.82) is 0 Å². The third-order valence-electron chi connectivity index (χ3n) is 4.98. The molecule has 1 N–H and O–H groups in total. The molecule has 0 saturated carbocycles. The van der Waals surface area contributed by atoms with Gasteiger partial charge in [-0.05, 0) is 50.2 Å². The highest BCUT2D eigenvalue weighted by atomic mass is 16.2. The van der Waals surface area contributed by atoms with Crippen molar-refractivity contribution in [3.05, 3.63) is 66.2 Å². The lowest BCUT2D eigenvalue weighted by atomic mass is 10.0. The van der Waals surface area contributed by atoms with Gasteiger partial charge in [-0.3, -0.25) is 9.78 Å². The average Bonchev–Trinajstić information content (AvgIpc) is 3.10. The number of carbonyl (C=O) groups is 1. The van der Waals surface area contributed by atoms with E-state index in [-0.39, 0.29) is 11.9 Å². The van der Waals surface area contributed by atoms with Gasteiger partial charge in [0.2, 0.25) is 5.91 Å². The molecule has 3 aromatic heterocycles. The monoisotopic (exact) mass is 349 g/mol. The van der Waals surface area contributed by atoms with Crippen molar-refractivity contribution in [2.75, 3.05) is 13.1 Å². The Morgan fingerprint density at radius 1 is 1.19 bits per heavy atom.